The number of aliphatic hydroxyl groups is 1. The molecule has 1 aliphatic rings. The average molecular weight is 478 g/mol. The van der Waals surface area contributed by atoms with Gasteiger partial charge in [-0.05, 0) is 38.0 Å². The number of unbranched alkanes of at least 4 members (excludes halogenated alkanes) is 1. The minimum atomic E-state index is -0.808. The molecule has 1 rings (SSSR count). The molecule has 1 aliphatic carbocycles. The van der Waals surface area contributed by atoms with Crippen LogP contribution in [0.3, 0.4) is 0 Å². The summed E-state index contributed by atoms with van der Waals surface area (Å²) in [4.78, 5) is 0. The van der Waals surface area contributed by atoms with Crippen LogP contribution in [0.2, 0.25) is 0 Å². The van der Waals surface area contributed by atoms with E-state index in [4.69, 9.17) is 34.3 Å². The van der Waals surface area contributed by atoms with Gasteiger partial charge in [0.25, 0.3) is 0 Å². The van der Waals surface area contributed by atoms with E-state index in [1.807, 2.05) is 6.08 Å². The summed E-state index contributed by atoms with van der Waals surface area (Å²) in [6, 6.07) is 0. The van der Waals surface area contributed by atoms with Gasteiger partial charge in [0.2, 0.25) is 0 Å². The zero-order valence-corrected chi connectivity index (χ0v) is 17.0. The molecule has 2 radical (unpaired) electrons. The molecular weight excluding hydrogens is 458 g/mol. The molecule has 0 heterocycles. The van der Waals surface area contributed by atoms with Crippen molar-refractivity contribution in [2.75, 3.05) is 0 Å². The minimum Gasteiger partial charge on any atom is 0 e. The molecule has 1 fully saturated rings. The van der Waals surface area contributed by atoms with Crippen molar-refractivity contribution in [2.24, 2.45) is 5.92 Å². The Morgan fingerprint density at radius 1 is 0.964 bits per heavy atom. The van der Waals surface area contributed by atoms with Crippen molar-refractivity contribution in [1.29, 1.82) is 0 Å². The molecular formula is C19H20Co2O7. The van der Waals surface area contributed by atoms with Crippen LogP contribution in [0.1, 0.15) is 44.9 Å². The number of hydrogen-bond acceptors (Lipinski definition) is 1. The maximum Gasteiger partial charge on any atom is 0 e. The molecule has 28 heavy (non-hydrogen) atoms. The number of rotatable bonds is 4. The fraction of sp³-hybridized carbons (Fsp3) is 0.474. The smallest absolute Gasteiger partial charge is 0 e. The fourth-order valence-electron chi connectivity index (χ4n) is 2.29. The molecule has 2 atom stereocenters. The first kappa shape index (κ1) is 50.4. The van der Waals surface area contributed by atoms with E-state index in [0.717, 1.165) is 25.7 Å². The molecule has 1 N–H and O–H groups in total. The molecule has 0 saturated heterocycles. The second kappa shape index (κ2) is 56.2. The van der Waals surface area contributed by atoms with Crippen molar-refractivity contribution in [3.8, 4) is 12.3 Å². The van der Waals surface area contributed by atoms with Crippen LogP contribution in [-0.2, 0) is 61.5 Å². The predicted octanol–water partition coefficient (Wildman–Crippen LogP) is 2.67. The molecule has 0 aromatic heterocycles. The van der Waals surface area contributed by atoms with Gasteiger partial charge in [0.05, 0.1) is 0 Å². The molecule has 0 bridgehead atoms. The Morgan fingerprint density at radius 3 is 1.68 bits per heavy atom. The third kappa shape index (κ3) is 39.7. The molecule has 156 valence electrons. The SMILES string of the molecule is C#C[C@@]1(O)CCC[C@H](CCCC=C)C1.[C-]#[O+].[C-]#[O+].[C-]#[O+].[C-]#[O+].[C-]#[O+].[C-]#[O+].[Co].[Co]. The maximum absolute atomic E-state index is 9.95. The minimum absolute atomic E-state index is 0. The van der Waals surface area contributed by atoms with Gasteiger partial charge in [0, 0.05) is 33.6 Å². The van der Waals surface area contributed by atoms with Gasteiger partial charge >= 0.3 is 67.8 Å². The summed E-state index contributed by atoms with van der Waals surface area (Å²) in [6.07, 6.45) is 14.6. The van der Waals surface area contributed by atoms with Crippen LogP contribution in [0, 0.1) is 58.2 Å². The van der Waals surface area contributed by atoms with Crippen LogP contribution >= 0.6 is 0 Å². The Bertz CT molecular complexity index is 412. The van der Waals surface area contributed by atoms with Crippen LogP contribution < -0.4 is 0 Å². The molecule has 7 nitrogen and oxygen atoms in total. The number of hydrogen-bond donors (Lipinski definition) is 1. The van der Waals surface area contributed by atoms with Crippen LogP contribution in [0.15, 0.2) is 12.7 Å². The Morgan fingerprint density at radius 2 is 1.36 bits per heavy atom. The molecule has 0 aromatic carbocycles. The molecule has 0 aliphatic heterocycles. The largest absolute Gasteiger partial charge is 0 e. The summed E-state index contributed by atoms with van der Waals surface area (Å²) in [5.74, 6) is 3.15. The van der Waals surface area contributed by atoms with Crippen molar-refractivity contribution in [2.45, 2.75) is 50.5 Å². The van der Waals surface area contributed by atoms with E-state index in [1.165, 1.54) is 19.3 Å². The molecule has 9 heteroatoms. The van der Waals surface area contributed by atoms with E-state index in [-0.39, 0.29) is 33.6 Å². The van der Waals surface area contributed by atoms with E-state index >= 15 is 0 Å². The molecule has 0 spiro atoms. The topological polar surface area (TPSA) is 140 Å². The summed E-state index contributed by atoms with van der Waals surface area (Å²) >= 11 is 0. The summed E-state index contributed by atoms with van der Waals surface area (Å²) in [7, 11) is 0. The van der Waals surface area contributed by atoms with Gasteiger partial charge in [0.1, 0.15) is 5.60 Å². The fourth-order valence-corrected chi connectivity index (χ4v) is 2.29. The van der Waals surface area contributed by atoms with E-state index in [2.05, 4.69) is 52.4 Å². The van der Waals surface area contributed by atoms with Gasteiger partial charge in [0.15, 0.2) is 0 Å². The van der Waals surface area contributed by atoms with Crippen LogP contribution in [0.4, 0.5) is 0 Å². The Balaban J connectivity index is -0.0000000410. The normalized spacial score (nSPS) is 16.5. The van der Waals surface area contributed by atoms with Crippen LogP contribution in [0.25, 0.3) is 0 Å². The molecule has 0 unspecified atom stereocenters. The summed E-state index contributed by atoms with van der Waals surface area (Å²) in [6.45, 7) is 30.7. The molecule has 0 amide bonds. The second-order valence-electron chi connectivity index (χ2n) is 4.36. The monoisotopic (exact) mass is 478 g/mol. The van der Waals surface area contributed by atoms with Crippen LogP contribution in [0.5, 0.6) is 0 Å². The predicted molar refractivity (Wildman–Crippen MR) is 83.4 cm³/mol. The second-order valence-corrected chi connectivity index (χ2v) is 4.36. The zero-order chi connectivity index (χ0) is 22.4. The standard InChI is InChI=1S/C13H20O.6CO.2Co/c1-3-5-6-8-12-9-7-10-13(14,4-2)11-12;6*1-2;;/h2-3,12,14H,1,5-11H2;;;;;;;;/t12-,13+;;;;;;;;/m0......../s1. The quantitative estimate of drug-likeness (QED) is 0.215. The van der Waals surface area contributed by atoms with E-state index in [1.54, 1.807) is 0 Å². The number of terminal acetylenes is 1. The van der Waals surface area contributed by atoms with Gasteiger partial charge in [-0.3, -0.25) is 0 Å². The van der Waals surface area contributed by atoms with Crippen molar-refractivity contribution < 1.29 is 66.6 Å². The van der Waals surface area contributed by atoms with Gasteiger partial charge in [-0.15, -0.1) is 13.0 Å². The summed E-state index contributed by atoms with van der Waals surface area (Å²) in [5.41, 5.74) is -0.808. The zero-order valence-electron chi connectivity index (χ0n) is 15.0. The first-order valence-electron chi connectivity index (χ1n) is 6.74. The first-order chi connectivity index (χ1) is 12.7. The van der Waals surface area contributed by atoms with E-state index in [9.17, 15) is 5.11 Å². The average Bonchev–Trinajstić information content (AvgIpc) is 2.77. The Labute approximate surface area is 187 Å². The maximum atomic E-state index is 9.95. The number of allylic oxidation sites excluding steroid dienone is 1. The third-order valence-corrected chi connectivity index (χ3v) is 3.12. The summed E-state index contributed by atoms with van der Waals surface area (Å²) in [5, 5.41) is 9.95. The first-order valence-corrected chi connectivity index (χ1v) is 6.74. The third-order valence-electron chi connectivity index (χ3n) is 3.12. The van der Waals surface area contributed by atoms with Crippen molar-refractivity contribution >= 4 is 0 Å². The van der Waals surface area contributed by atoms with Crippen molar-refractivity contribution in [1.82, 2.24) is 0 Å². The van der Waals surface area contributed by atoms with Gasteiger partial charge in [-0.2, -0.15) is 0 Å². The Kier molecular flexibility index (Phi) is 101. The summed E-state index contributed by atoms with van der Waals surface area (Å²) < 4.78 is 45.0. The van der Waals surface area contributed by atoms with Gasteiger partial charge in [-0.25, -0.2) is 0 Å². The van der Waals surface area contributed by atoms with E-state index in [0.29, 0.717) is 5.92 Å². The van der Waals surface area contributed by atoms with Crippen molar-refractivity contribution in [3.63, 3.8) is 0 Å². The molecule has 0 aromatic rings. The molecule has 1 saturated carbocycles. The van der Waals surface area contributed by atoms with Gasteiger partial charge in [-0.1, -0.05) is 24.8 Å². The van der Waals surface area contributed by atoms with E-state index < -0.39 is 5.60 Å². The van der Waals surface area contributed by atoms with Crippen LogP contribution in [-0.4, -0.2) is 10.7 Å². The Hall–Kier alpha value is -1.29. The van der Waals surface area contributed by atoms with Crippen molar-refractivity contribution in [3.05, 3.63) is 52.6 Å². The van der Waals surface area contributed by atoms with Gasteiger partial charge < -0.3 is 5.11 Å².